The molecule has 0 fully saturated rings. The summed E-state index contributed by atoms with van der Waals surface area (Å²) >= 11 is 1.77. The molecule has 122 valence electrons. The van der Waals surface area contributed by atoms with E-state index in [1.165, 1.54) is 35.6 Å². The van der Waals surface area contributed by atoms with Crippen molar-refractivity contribution in [1.82, 2.24) is 15.6 Å². The number of aromatic nitrogens is 1. The van der Waals surface area contributed by atoms with Crippen LogP contribution in [-0.2, 0) is 6.42 Å². The molecule has 4 nitrogen and oxygen atoms in total. The first-order valence-corrected chi connectivity index (χ1v) is 8.51. The first-order valence-electron chi connectivity index (χ1n) is 7.69. The van der Waals surface area contributed by atoms with Crippen molar-refractivity contribution < 1.29 is 0 Å². The normalized spacial score (nSPS) is 11.1. The highest BCUT2D eigenvalue weighted by atomic mass is 127. The van der Waals surface area contributed by atoms with Crippen LogP contribution in [0.3, 0.4) is 0 Å². The maximum atomic E-state index is 4.60. The number of thiazole rings is 1. The van der Waals surface area contributed by atoms with Gasteiger partial charge < -0.3 is 10.6 Å². The third kappa shape index (κ3) is 10.1. The van der Waals surface area contributed by atoms with E-state index < -0.39 is 0 Å². The van der Waals surface area contributed by atoms with E-state index in [-0.39, 0.29) is 24.0 Å². The minimum absolute atomic E-state index is 0. The van der Waals surface area contributed by atoms with E-state index in [4.69, 9.17) is 0 Å². The Kier molecular flexibility index (Phi) is 13.1. The Bertz CT molecular complexity index is 393. The standard InChI is InChI=1S/C15H28N4S.HI/c1-4-6-7-8-10-17-15(16-5-2)18-11-9-14-19-12-13(3)20-14;/h12H,4-11H2,1-3H3,(H2,16,17,18);1H. The van der Waals surface area contributed by atoms with Crippen LogP contribution in [-0.4, -0.2) is 30.6 Å². The monoisotopic (exact) mass is 424 g/mol. The lowest BCUT2D eigenvalue weighted by Crippen LogP contribution is -2.38. The predicted octanol–water partition coefficient (Wildman–Crippen LogP) is 3.75. The molecule has 0 saturated carbocycles. The van der Waals surface area contributed by atoms with Gasteiger partial charge in [-0.05, 0) is 20.3 Å². The fourth-order valence-electron chi connectivity index (χ4n) is 1.88. The number of unbranched alkanes of at least 4 members (excludes halogenated alkanes) is 3. The van der Waals surface area contributed by atoms with Gasteiger partial charge in [0, 0.05) is 37.1 Å². The maximum absolute atomic E-state index is 4.60. The summed E-state index contributed by atoms with van der Waals surface area (Å²) in [6, 6.07) is 0. The van der Waals surface area contributed by atoms with Crippen molar-refractivity contribution in [3.05, 3.63) is 16.1 Å². The molecule has 0 unspecified atom stereocenters. The van der Waals surface area contributed by atoms with Crippen LogP contribution in [0.2, 0.25) is 0 Å². The minimum atomic E-state index is 0. The highest BCUT2D eigenvalue weighted by Crippen LogP contribution is 2.10. The first kappa shape index (κ1) is 20.6. The number of aryl methyl sites for hydroxylation is 1. The van der Waals surface area contributed by atoms with Crippen molar-refractivity contribution in [2.45, 2.75) is 52.9 Å². The fraction of sp³-hybridized carbons (Fsp3) is 0.733. The molecular weight excluding hydrogens is 395 g/mol. The number of guanidine groups is 1. The fourth-order valence-corrected chi connectivity index (χ4v) is 2.66. The lowest BCUT2D eigenvalue weighted by molar-refractivity contribution is 0.670. The topological polar surface area (TPSA) is 49.3 Å². The summed E-state index contributed by atoms with van der Waals surface area (Å²) in [7, 11) is 0. The van der Waals surface area contributed by atoms with Crippen molar-refractivity contribution in [2.75, 3.05) is 19.6 Å². The Morgan fingerprint density at radius 2 is 2.05 bits per heavy atom. The summed E-state index contributed by atoms with van der Waals surface area (Å²) < 4.78 is 0. The molecule has 1 aromatic rings. The van der Waals surface area contributed by atoms with E-state index in [0.717, 1.165) is 32.0 Å². The average molecular weight is 424 g/mol. The zero-order valence-electron chi connectivity index (χ0n) is 13.4. The lowest BCUT2D eigenvalue weighted by atomic mass is 10.2. The van der Waals surface area contributed by atoms with Crippen molar-refractivity contribution >= 4 is 41.3 Å². The van der Waals surface area contributed by atoms with Crippen LogP contribution in [0.4, 0.5) is 0 Å². The van der Waals surface area contributed by atoms with Crippen molar-refractivity contribution in [1.29, 1.82) is 0 Å². The molecule has 0 amide bonds. The predicted molar refractivity (Wildman–Crippen MR) is 104 cm³/mol. The molecule has 0 saturated heterocycles. The summed E-state index contributed by atoms with van der Waals surface area (Å²) in [6.45, 7) is 9.11. The van der Waals surface area contributed by atoms with Gasteiger partial charge in [-0.3, -0.25) is 4.99 Å². The van der Waals surface area contributed by atoms with Crippen LogP contribution in [0.25, 0.3) is 0 Å². The molecule has 0 aliphatic rings. The van der Waals surface area contributed by atoms with E-state index >= 15 is 0 Å². The zero-order valence-corrected chi connectivity index (χ0v) is 16.6. The number of rotatable bonds is 9. The number of aliphatic imine (C=N–C) groups is 1. The summed E-state index contributed by atoms with van der Waals surface area (Å²) in [5.74, 6) is 0.928. The largest absolute Gasteiger partial charge is 0.357 e. The molecule has 2 N–H and O–H groups in total. The average Bonchev–Trinajstić information content (AvgIpc) is 2.84. The number of hydrogen-bond acceptors (Lipinski definition) is 3. The van der Waals surface area contributed by atoms with Gasteiger partial charge in [0.15, 0.2) is 5.96 Å². The molecule has 1 aromatic heterocycles. The van der Waals surface area contributed by atoms with Crippen LogP contribution in [0.1, 0.15) is 49.4 Å². The Morgan fingerprint density at radius 3 is 2.67 bits per heavy atom. The number of halogens is 1. The van der Waals surface area contributed by atoms with Crippen LogP contribution < -0.4 is 10.6 Å². The smallest absolute Gasteiger partial charge is 0.191 e. The zero-order chi connectivity index (χ0) is 14.6. The highest BCUT2D eigenvalue weighted by Gasteiger charge is 2.00. The molecular formula is C15H29IN4S. The van der Waals surface area contributed by atoms with Gasteiger partial charge >= 0.3 is 0 Å². The summed E-state index contributed by atoms with van der Waals surface area (Å²) in [5.41, 5.74) is 0. The third-order valence-electron chi connectivity index (χ3n) is 2.93. The summed E-state index contributed by atoms with van der Waals surface area (Å²) in [6.07, 6.45) is 7.93. The van der Waals surface area contributed by atoms with Gasteiger partial charge in [-0.25, -0.2) is 4.98 Å². The molecule has 0 aliphatic carbocycles. The molecule has 0 aliphatic heterocycles. The van der Waals surface area contributed by atoms with Crippen LogP contribution >= 0.6 is 35.3 Å². The molecule has 0 bridgehead atoms. The lowest BCUT2D eigenvalue weighted by Gasteiger charge is -2.10. The Balaban J connectivity index is 0.00000400. The van der Waals surface area contributed by atoms with E-state index in [2.05, 4.69) is 41.4 Å². The molecule has 0 aromatic carbocycles. The van der Waals surface area contributed by atoms with Crippen molar-refractivity contribution in [2.24, 2.45) is 4.99 Å². The molecule has 0 atom stereocenters. The SMILES string of the molecule is CCCCCCN=C(NCC)NCCc1ncc(C)s1.I. The van der Waals surface area contributed by atoms with Gasteiger partial charge in [-0.2, -0.15) is 0 Å². The number of nitrogens with one attached hydrogen (secondary N) is 2. The molecule has 21 heavy (non-hydrogen) atoms. The summed E-state index contributed by atoms with van der Waals surface area (Å²) in [4.78, 5) is 10.2. The second-order valence-electron chi connectivity index (χ2n) is 4.86. The van der Waals surface area contributed by atoms with Gasteiger partial charge in [0.1, 0.15) is 0 Å². The summed E-state index contributed by atoms with van der Waals surface area (Å²) in [5, 5.41) is 7.85. The Labute approximate surface area is 150 Å². The third-order valence-corrected chi connectivity index (χ3v) is 3.90. The van der Waals surface area contributed by atoms with Crippen molar-refractivity contribution in [3.63, 3.8) is 0 Å². The molecule has 1 rings (SSSR count). The molecule has 0 spiro atoms. The van der Waals surface area contributed by atoms with E-state index in [1.54, 1.807) is 11.3 Å². The molecule has 0 radical (unpaired) electrons. The Morgan fingerprint density at radius 1 is 1.24 bits per heavy atom. The second kappa shape index (κ2) is 13.3. The van der Waals surface area contributed by atoms with E-state index in [9.17, 15) is 0 Å². The quantitative estimate of drug-likeness (QED) is 0.275. The minimum Gasteiger partial charge on any atom is -0.357 e. The van der Waals surface area contributed by atoms with E-state index in [1.807, 2.05) is 6.20 Å². The van der Waals surface area contributed by atoms with Gasteiger partial charge in [0.25, 0.3) is 0 Å². The molecule has 6 heteroatoms. The van der Waals surface area contributed by atoms with Crippen LogP contribution in [0, 0.1) is 6.92 Å². The highest BCUT2D eigenvalue weighted by molar-refractivity contribution is 14.0. The van der Waals surface area contributed by atoms with Gasteiger partial charge in [-0.15, -0.1) is 35.3 Å². The second-order valence-corrected chi connectivity index (χ2v) is 6.18. The first-order chi connectivity index (χ1) is 9.76. The van der Waals surface area contributed by atoms with Gasteiger partial charge in [0.2, 0.25) is 0 Å². The van der Waals surface area contributed by atoms with Crippen molar-refractivity contribution in [3.8, 4) is 0 Å². The number of hydrogen-bond donors (Lipinski definition) is 2. The number of nitrogens with zero attached hydrogens (tertiary/aromatic N) is 2. The van der Waals surface area contributed by atoms with Crippen LogP contribution in [0.15, 0.2) is 11.2 Å². The van der Waals surface area contributed by atoms with Gasteiger partial charge in [0.05, 0.1) is 5.01 Å². The van der Waals surface area contributed by atoms with Gasteiger partial charge in [-0.1, -0.05) is 26.2 Å². The Hall–Kier alpha value is -0.370. The van der Waals surface area contributed by atoms with Crippen LogP contribution in [0.5, 0.6) is 0 Å². The van der Waals surface area contributed by atoms with E-state index in [0.29, 0.717) is 0 Å². The molecule has 1 heterocycles. The maximum Gasteiger partial charge on any atom is 0.191 e.